The minimum atomic E-state index is 0.283. The molecule has 1 aromatic rings. The van der Waals surface area contributed by atoms with Crippen LogP contribution in [0.1, 0.15) is 38.5 Å². The van der Waals surface area contributed by atoms with Gasteiger partial charge in [-0.25, -0.2) is 0 Å². The molecule has 0 aliphatic heterocycles. The molecule has 4 fully saturated rings. The minimum absolute atomic E-state index is 0.283. The number of hydrogen-bond donors (Lipinski definition) is 2. The third-order valence-corrected chi connectivity index (χ3v) is 6.20. The highest BCUT2D eigenvalue weighted by molar-refractivity contribution is 9.10. The fraction of sp³-hybridized carbons (Fsp3) is 0.588. The number of rotatable bonds is 2. The van der Waals surface area contributed by atoms with Gasteiger partial charge in [-0.2, -0.15) is 0 Å². The van der Waals surface area contributed by atoms with Gasteiger partial charge in [-0.3, -0.25) is 0 Å². The van der Waals surface area contributed by atoms with Gasteiger partial charge in [0, 0.05) is 15.7 Å². The van der Waals surface area contributed by atoms with Crippen molar-refractivity contribution in [1.29, 1.82) is 0 Å². The molecule has 2 N–H and O–H groups in total. The van der Waals surface area contributed by atoms with Gasteiger partial charge in [-0.15, -0.1) is 0 Å². The molecule has 0 aromatic heterocycles. The highest BCUT2D eigenvalue weighted by atomic mass is 79.9. The van der Waals surface area contributed by atoms with Crippen molar-refractivity contribution in [3.8, 4) is 0 Å². The summed E-state index contributed by atoms with van der Waals surface area (Å²) in [6.45, 7) is 0. The van der Waals surface area contributed by atoms with Crippen molar-refractivity contribution in [3.05, 3.63) is 28.7 Å². The standard InChI is InChI=1S/C17H21BrN2S/c18-14-2-1-3-15(7-14)19-16(21)20-17-8-11-4-12(9-17)6-13(5-11)10-17/h1-3,7,11-13H,4-6,8-10H2,(H2,19,20,21). The van der Waals surface area contributed by atoms with Crippen LogP contribution in [0.4, 0.5) is 5.69 Å². The van der Waals surface area contributed by atoms with Crippen LogP contribution in [-0.2, 0) is 0 Å². The second kappa shape index (κ2) is 5.24. The van der Waals surface area contributed by atoms with Crippen molar-refractivity contribution >= 4 is 38.9 Å². The lowest BCUT2D eigenvalue weighted by atomic mass is 9.53. The highest BCUT2D eigenvalue weighted by Gasteiger charge is 2.51. The Hall–Kier alpha value is -0.610. The number of halogens is 1. The first-order valence-electron chi connectivity index (χ1n) is 7.95. The molecule has 5 rings (SSSR count). The predicted molar refractivity (Wildman–Crippen MR) is 94.4 cm³/mol. The molecule has 0 unspecified atom stereocenters. The summed E-state index contributed by atoms with van der Waals surface area (Å²) < 4.78 is 1.07. The van der Waals surface area contributed by atoms with Crippen molar-refractivity contribution < 1.29 is 0 Å². The van der Waals surface area contributed by atoms with E-state index >= 15 is 0 Å². The first-order valence-corrected chi connectivity index (χ1v) is 9.15. The maximum atomic E-state index is 5.58. The maximum Gasteiger partial charge on any atom is 0.171 e. The van der Waals surface area contributed by atoms with E-state index in [9.17, 15) is 0 Å². The Kier molecular flexibility index (Phi) is 3.49. The van der Waals surface area contributed by atoms with Crippen molar-refractivity contribution in [2.75, 3.05) is 5.32 Å². The fourth-order valence-corrected chi connectivity index (χ4v) is 5.97. The van der Waals surface area contributed by atoms with E-state index in [-0.39, 0.29) is 5.54 Å². The molecule has 0 radical (unpaired) electrons. The summed E-state index contributed by atoms with van der Waals surface area (Å²) in [6, 6.07) is 8.17. The quantitative estimate of drug-likeness (QED) is 0.743. The zero-order chi connectivity index (χ0) is 14.4. The summed E-state index contributed by atoms with van der Waals surface area (Å²) in [7, 11) is 0. The molecule has 4 aliphatic carbocycles. The van der Waals surface area contributed by atoms with Crippen LogP contribution in [-0.4, -0.2) is 10.7 Å². The fourth-order valence-electron chi connectivity index (χ4n) is 5.23. The Morgan fingerprint density at radius 1 is 1.10 bits per heavy atom. The number of anilines is 1. The molecule has 0 atom stereocenters. The SMILES string of the molecule is S=C(Nc1cccc(Br)c1)NC12CC3CC(CC(C3)C1)C2. The van der Waals surface area contributed by atoms with Gasteiger partial charge < -0.3 is 10.6 Å². The Morgan fingerprint density at radius 2 is 1.71 bits per heavy atom. The van der Waals surface area contributed by atoms with Gasteiger partial charge in [-0.05, 0) is 86.7 Å². The molecule has 4 heteroatoms. The molecule has 21 heavy (non-hydrogen) atoms. The zero-order valence-electron chi connectivity index (χ0n) is 12.1. The van der Waals surface area contributed by atoms with Gasteiger partial charge in [0.2, 0.25) is 0 Å². The maximum absolute atomic E-state index is 5.58. The Bertz CT molecular complexity index is 536. The topological polar surface area (TPSA) is 24.1 Å². The molecular weight excluding hydrogens is 344 g/mol. The third kappa shape index (κ3) is 2.85. The molecule has 2 nitrogen and oxygen atoms in total. The normalized spacial score (nSPS) is 36.5. The molecule has 4 bridgehead atoms. The van der Waals surface area contributed by atoms with Gasteiger partial charge >= 0.3 is 0 Å². The molecule has 1 aromatic carbocycles. The lowest BCUT2D eigenvalue weighted by Gasteiger charge is -2.57. The first-order chi connectivity index (χ1) is 10.1. The Labute approximate surface area is 140 Å². The minimum Gasteiger partial charge on any atom is -0.357 e. The molecule has 0 saturated heterocycles. The van der Waals surface area contributed by atoms with Crippen LogP contribution in [0.2, 0.25) is 0 Å². The highest BCUT2D eigenvalue weighted by Crippen LogP contribution is 2.55. The Morgan fingerprint density at radius 3 is 2.29 bits per heavy atom. The average Bonchev–Trinajstić information content (AvgIpc) is 2.35. The van der Waals surface area contributed by atoms with Gasteiger partial charge in [-0.1, -0.05) is 22.0 Å². The molecule has 4 aliphatic rings. The number of benzene rings is 1. The summed E-state index contributed by atoms with van der Waals surface area (Å²) in [5, 5.41) is 7.83. The Balaban J connectivity index is 1.45. The van der Waals surface area contributed by atoms with E-state index in [1.807, 2.05) is 12.1 Å². The van der Waals surface area contributed by atoms with Gasteiger partial charge in [0.25, 0.3) is 0 Å². The van der Waals surface area contributed by atoms with Crippen LogP contribution in [0, 0.1) is 17.8 Å². The van der Waals surface area contributed by atoms with Crippen molar-refractivity contribution in [1.82, 2.24) is 5.32 Å². The van der Waals surface area contributed by atoms with Crippen LogP contribution in [0.25, 0.3) is 0 Å². The van der Waals surface area contributed by atoms with Crippen molar-refractivity contribution in [3.63, 3.8) is 0 Å². The molecule has 112 valence electrons. The summed E-state index contributed by atoms with van der Waals surface area (Å²) in [5.41, 5.74) is 1.33. The van der Waals surface area contributed by atoms with E-state index < -0.39 is 0 Å². The lowest BCUT2D eigenvalue weighted by molar-refractivity contribution is -0.00972. The first kappa shape index (κ1) is 14.0. The van der Waals surface area contributed by atoms with Crippen LogP contribution in [0.15, 0.2) is 28.7 Å². The second-order valence-electron chi connectivity index (χ2n) is 7.29. The summed E-state index contributed by atoms with van der Waals surface area (Å²) >= 11 is 9.08. The second-order valence-corrected chi connectivity index (χ2v) is 8.61. The van der Waals surface area contributed by atoms with Gasteiger partial charge in [0.15, 0.2) is 5.11 Å². The average molecular weight is 365 g/mol. The molecule has 4 saturated carbocycles. The van der Waals surface area contributed by atoms with Crippen LogP contribution in [0.5, 0.6) is 0 Å². The van der Waals surface area contributed by atoms with Crippen LogP contribution in [0.3, 0.4) is 0 Å². The van der Waals surface area contributed by atoms with Crippen LogP contribution < -0.4 is 10.6 Å². The van der Waals surface area contributed by atoms with E-state index in [4.69, 9.17) is 12.2 Å². The largest absolute Gasteiger partial charge is 0.357 e. The van der Waals surface area contributed by atoms with E-state index in [2.05, 4.69) is 38.7 Å². The van der Waals surface area contributed by atoms with E-state index in [1.165, 1.54) is 38.5 Å². The lowest BCUT2D eigenvalue weighted by Crippen LogP contribution is -2.60. The van der Waals surface area contributed by atoms with E-state index in [0.717, 1.165) is 33.0 Å². The van der Waals surface area contributed by atoms with E-state index in [1.54, 1.807) is 0 Å². The number of hydrogen-bond acceptors (Lipinski definition) is 1. The number of nitrogens with one attached hydrogen (secondary N) is 2. The molecular formula is C17H21BrN2S. The molecule has 0 heterocycles. The van der Waals surface area contributed by atoms with E-state index in [0.29, 0.717) is 0 Å². The van der Waals surface area contributed by atoms with Gasteiger partial charge in [0.05, 0.1) is 0 Å². The summed E-state index contributed by atoms with van der Waals surface area (Å²) in [5.74, 6) is 2.83. The third-order valence-electron chi connectivity index (χ3n) is 5.50. The number of thiocarbonyl (C=S) groups is 1. The summed E-state index contributed by atoms with van der Waals surface area (Å²) in [6.07, 6.45) is 8.35. The van der Waals surface area contributed by atoms with Crippen molar-refractivity contribution in [2.24, 2.45) is 17.8 Å². The molecule has 0 amide bonds. The monoisotopic (exact) mass is 364 g/mol. The van der Waals surface area contributed by atoms with Crippen LogP contribution >= 0.6 is 28.1 Å². The van der Waals surface area contributed by atoms with Crippen molar-refractivity contribution in [2.45, 2.75) is 44.1 Å². The zero-order valence-corrected chi connectivity index (χ0v) is 14.5. The van der Waals surface area contributed by atoms with Gasteiger partial charge in [0.1, 0.15) is 0 Å². The predicted octanol–water partition coefficient (Wildman–Crippen LogP) is 4.70. The molecule has 0 spiro atoms. The smallest absolute Gasteiger partial charge is 0.171 e. The summed E-state index contributed by atoms with van der Waals surface area (Å²) in [4.78, 5) is 0.